The van der Waals surface area contributed by atoms with Crippen molar-refractivity contribution in [3.05, 3.63) is 53.3 Å². The van der Waals surface area contributed by atoms with Gasteiger partial charge in [0.2, 0.25) is 0 Å². The Morgan fingerprint density at radius 3 is 2.50 bits per heavy atom. The van der Waals surface area contributed by atoms with E-state index < -0.39 is 5.97 Å². The van der Waals surface area contributed by atoms with Crippen LogP contribution >= 0.6 is 0 Å². The molecule has 0 unspecified atom stereocenters. The molecule has 0 aliphatic heterocycles. The third kappa shape index (κ3) is 3.55. The number of benzene rings is 1. The number of nitrogens with zero attached hydrogens (tertiary/aromatic N) is 1. The van der Waals surface area contributed by atoms with E-state index in [-0.39, 0.29) is 12.3 Å². The Labute approximate surface area is 129 Å². The molecule has 0 fully saturated rings. The largest absolute Gasteiger partial charge is 0.481 e. The molecule has 1 aromatic carbocycles. The maximum absolute atomic E-state index is 12.2. The molecular weight excluding hydrogens is 280 g/mol. The Morgan fingerprint density at radius 1 is 1.18 bits per heavy atom. The first-order chi connectivity index (χ1) is 10.5. The summed E-state index contributed by atoms with van der Waals surface area (Å²) in [6.07, 6.45) is 0.488. The molecule has 116 valence electrons. The SMILES string of the molecule is Cc1cc(C(=O)NCCCC(=O)O)c(C)n1-c1ccccc1. The van der Waals surface area contributed by atoms with Gasteiger partial charge in [-0.1, -0.05) is 18.2 Å². The van der Waals surface area contributed by atoms with Gasteiger partial charge in [-0.3, -0.25) is 9.59 Å². The summed E-state index contributed by atoms with van der Waals surface area (Å²) >= 11 is 0. The minimum atomic E-state index is -0.850. The number of carboxylic acids is 1. The van der Waals surface area contributed by atoms with Gasteiger partial charge in [0.25, 0.3) is 5.91 Å². The summed E-state index contributed by atoms with van der Waals surface area (Å²) in [6, 6.07) is 11.7. The number of carboxylic acid groups (broad SMARTS) is 1. The summed E-state index contributed by atoms with van der Waals surface area (Å²) in [6.45, 7) is 4.23. The van der Waals surface area contributed by atoms with Crippen LogP contribution in [-0.4, -0.2) is 28.1 Å². The Hall–Kier alpha value is -2.56. The van der Waals surface area contributed by atoms with E-state index in [0.717, 1.165) is 17.1 Å². The van der Waals surface area contributed by atoms with Crippen LogP contribution in [-0.2, 0) is 4.79 Å². The molecule has 0 aliphatic carbocycles. The summed E-state index contributed by atoms with van der Waals surface area (Å²) in [7, 11) is 0. The second-order valence-corrected chi connectivity index (χ2v) is 5.21. The van der Waals surface area contributed by atoms with Crippen LogP contribution in [0.4, 0.5) is 0 Å². The van der Waals surface area contributed by atoms with Gasteiger partial charge in [0.15, 0.2) is 0 Å². The smallest absolute Gasteiger partial charge is 0.303 e. The summed E-state index contributed by atoms with van der Waals surface area (Å²) < 4.78 is 2.03. The summed E-state index contributed by atoms with van der Waals surface area (Å²) in [4.78, 5) is 22.7. The van der Waals surface area contributed by atoms with E-state index in [1.165, 1.54) is 0 Å². The third-order valence-corrected chi connectivity index (χ3v) is 3.54. The van der Waals surface area contributed by atoms with Gasteiger partial charge in [-0.2, -0.15) is 0 Å². The van der Waals surface area contributed by atoms with Crippen molar-refractivity contribution < 1.29 is 14.7 Å². The zero-order valence-electron chi connectivity index (χ0n) is 12.8. The molecule has 0 radical (unpaired) electrons. The number of hydrogen-bond donors (Lipinski definition) is 2. The van der Waals surface area contributed by atoms with Crippen LogP contribution in [0.25, 0.3) is 5.69 Å². The van der Waals surface area contributed by atoms with Crippen molar-refractivity contribution in [3.8, 4) is 5.69 Å². The van der Waals surface area contributed by atoms with Crippen molar-refractivity contribution in [2.45, 2.75) is 26.7 Å². The highest BCUT2D eigenvalue weighted by Crippen LogP contribution is 2.20. The van der Waals surface area contributed by atoms with Crippen LogP contribution in [0.1, 0.15) is 34.6 Å². The molecule has 5 nitrogen and oxygen atoms in total. The highest BCUT2D eigenvalue weighted by Gasteiger charge is 2.16. The summed E-state index contributed by atoms with van der Waals surface area (Å²) in [5.74, 6) is -1.02. The van der Waals surface area contributed by atoms with Crippen LogP contribution in [0.3, 0.4) is 0 Å². The van der Waals surface area contributed by atoms with E-state index in [2.05, 4.69) is 5.32 Å². The van der Waals surface area contributed by atoms with Crippen LogP contribution < -0.4 is 5.32 Å². The average molecular weight is 300 g/mol. The molecule has 2 aromatic rings. The van der Waals surface area contributed by atoms with Crippen molar-refractivity contribution in [1.82, 2.24) is 9.88 Å². The minimum absolute atomic E-state index is 0.0588. The van der Waals surface area contributed by atoms with E-state index in [0.29, 0.717) is 18.5 Å². The second-order valence-electron chi connectivity index (χ2n) is 5.21. The fourth-order valence-corrected chi connectivity index (χ4v) is 2.50. The zero-order chi connectivity index (χ0) is 16.1. The van der Waals surface area contributed by atoms with Crippen molar-refractivity contribution in [3.63, 3.8) is 0 Å². The lowest BCUT2D eigenvalue weighted by atomic mass is 10.2. The number of nitrogens with one attached hydrogen (secondary N) is 1. The van der Waals surface area contributed by atoms with E-state index in [1.54, 1.807) is 0 Å². The number of aliphatic carboxylic acids is 1. The first kappa shape index (κ1) is 15.8. The van der Waals surface area contributed by atoms with Crippen molar-refractivity contribution >= 4 is 11.9 Å². The number of aryl methyl sites for hydroxylation is 1. The van der Waals surface area contributed by atoms with Crippen molar-refractivity contribution in [2.75, 3.05) is 6.54 Å². The second kappa shape index (κ2) is 6.93. The van der Waals surface area contributed by atoms with Gasteiger partial charge in [0.1, 0.15) is 0 Å². The van der Waals surface area contributed by atoms with Gasteiger partial charge in [-0.15, -0.1) is 0 Å². The van der Waals surface area contributed by atoms with Crippen LogP contribution in [0, 0.1) is 13.8 Å². The van der Waals surface area contributed by atoms with Gasteiger partial charge in [-0.05, 0) is 38.5 Å². The van der Waals surface area contributed by atoms with Gasteiger partial charge in [0, 0.05) is 30.0 Å². The lowest BCUT2D eigenvalue weighted by Crippen LogP contribution is -2.25. The van der Waals surface area contributed by atoms with E-state index in [1.807, 2.05) is 54.8 Å². The molecule has 1 amide bonds. The van der Waals surface area contributed by atoms with Gasteiger partial charge in [-0.25, -0.2) is 0 Å². The predicted molar refractivity (Wildman–Crippen MR) is 84.4 cm³/mol. The molecule has 2 rings (SSSR count). The molecule has 22 heavy (non-hydrogen) atoms. The van der Waals surface area contributed by atoms with E-state index in [4.69, 9.17) is 5.11 Å². The van der Waals surface area contributed by atoms with Crippen LogP contribution in [0.15, 0.2) is 36.4 Å². The monoisotopic (exact) mass is 300 g/mol. The molecule has 1 aromatic heterocycles. The van der Waals surface area contributed by atoms with Crippen LogP contribution in [0.2, 0.25) is 0 Å². The van der Waals surface area contributed by atoms with Gasteiger partial charge < -0.3 is 15.0 Å². The molecule has 0 saturated carbocycles. The lowest BCUT2D eigenvalue weighted by Gasteiger charge is -2.10. The number of rotatable bonds is 6. The maximum Gasteiger partial charge on any atom is 0.303 e. The lowest BCUT2D eigenvalue weighted by molar-refractivity contribution is -0.137. The number of hydrogen-bond acceptors (Lipinski definition) is 2. The standard InChI is InChI=1S/C17H20N2O3/c1-12-11-15(17(22)18-10-6-9-16(20)21)13(2)19(12)14-7-4-3-5-8-14/h3-5,7-8,11H,6,9-10H2,1-2H3,(H,18,22)(H,20,21). The first-order valence-corrected chi connectivity index (χ1v) is 7.25. The molecular formula is C17H20N2O3. The maximum atomic E-state index is 12.2. The zero-order valence-corrected chi connectivity index (χ0v) is 12.8. The van der Waals surface area contributed by atoms with Crippen LogP contribution in [0.5, 0.6) is 0 Å². The quantitative estimate of drug-likeness (QED) is 0.806. The van der Waals surface area contributed by atoms with Gasteiger partial charge in [0.05, 0.1) is 5.56 Å². The highest BCUT2D eigenvalue weighted by molar-refractivity contribution is 5.95. The third-order valence-electron chi connectivity index (χ3n) is 3.54. The molecule has 1 heterocycles. The molecule has 0 atom stereocenters. The predicted octanol–water partition coefficient (Wildman–Crippen LogP) is 2.69. The highest BCUT2D eigenvalue weighted by atomic mass is 16.4. The Bertz CT molecular complexity index is 675. The number of amides is 1. The van der Waals surface area contributed by atoms with Crippen molar-refractivity contribution in [1.29, 1.82) is 0 Å². The molecule has 5 heteroatoms. The summed E-state index contributed by atoms with van der Waals surface area (Å²) in [5, 5.41) is 11.4. The molecule has 0 aliphatic rings. The van der Waals surface area contributed by atoms with E-state index >= 15 is 0 Å². The van der Waals surface area contributed by atoms with Crippen molar-refractivity contribution in [2.24, 2.45) is 0 Å². The fraction of sp³-hybridized carbons (Fsp3) is 0.294. The molecule has 0 bridgehead atoms. The number of para-hydroxylation sites is 1. The number of carbonyl (C=O) groups excluding carboxylic acids is 1. The Morgan fingerprint density at radius 2 is 1.86 bits per heavy atom. The molecule has 0 spiro atoms. The van der Waals surface area contributed by atoms with E-state index in [9.17, 15) is 9.59 Å². The minimum Gasteiger partial charge on any atom is -0.481 e. The Balaban J connectivity index is 2.13. The molecule has 0 saturated heterocycles. The molecule has 2 N–H and O–H groups in total. The summed E-state index contributed by atoms with van der Waals surface area (Å²) in [5.41, 5.74) is 3.50. The Kier molecular flexibility index (Phi) is 4.99. The van der Waals surface area contributed by atoms with Gasteiger partial charge >= 0.3 is 5.97 Å². The average Bonchev–Trinajstić information content (AvgIpc) is 2.79. The number of carbonyl (C=O) groups is 2. The first-order valence-electron chi connectivity index (χ1n) is 7.25. The number of aromatic nitrogens is 1. The fourth-order valence-electron chi connectivity index (χ4n) is 2.50. The normalized spacial score (nSPS) is 10.5. The topological polar surface area (TPSA) is 71.3 Å².